The molecule has 0 heterocycles. The van der Waals surface area contributed by atoms with Crippen LogP contribution in [-0.4, -0.2) is 10.9 Å². The number of anilines is 2. The van der Waals surface area contributed by atoms with E-state index < -0.39 is 0 Å². The van der Waals surface area contributed by atoms with Crippen molar-refractivity contribution in [2.24, 2.45) is 0 Å². The van der Waals surface area contributed by atoms with E-state index in [0.717, 1.165) is 5.69 Å². The van der Waals surface area contributed by atoms with Crippen molar-refractivity contribution < 1.29 is 9.90 Å². The fourth-order valence-electron chi connectivity index (χ4n) is 1.62. The SMILES string of the molecule is CC(=O)c1cc(Cl)cc(Nc2cccc(O)c2)c1. The highest BCUT2D eigenvalue weighted by Gasteiger charge is 2.04. The summed E-state index contributed by atoms with van der Waals surface area (Å²) in [6, 6.07) is 11.8. The lowest BCUT2D eigenvalue weighted by molar-refractivity contribution is 0.101. The summed E-state index contributed by atoms with van der Waals surface area (Å²) < 4.78 is 0. The largest absolute Gasteiger partial charge is 0.508 e. The summed E-state index contributed by atoms with van der Waals surface area (Å²) in [5.74, 6) is 0.130. The topological polar surface area (TPSA) is 49.3 Å². The van der Waals surface area contributed by atoms with Crippen molar-refractivity contribution >= 4 is 28.8 Å². The smallest absolute Gasteiger partial charge is 0.159 e. The molecule has 0 saturated heterocycles. The normalized spacial score (nSPS) is 10.1. The van der Waals surface area contributed by atoms with Crippen molar-refractivity contribution in [2.45, 2.75) is 6.92 Å². The number of hydrogen-bond acceptors (Lipinski definition) is 3. The van der Waals surface area contributed by atoms with Crippen LogP contribution < -0.4 is 5.32 Å². The maximum atomic E-state index is 11.3. The van der Waals surface area contributed by atoms with E-state index in [0.29, 0.717) is 16.3 Å². The molecule has 0 spiro atoms. The highest BCUT2D eigenvalue weighted by Crippen LogP contribution is 2.24. The molecule has 2 aromatic carbocycles. The molecule has 2 N–H and O–H groups in total. The van der Waals surface area contributed by atoms with Gasteiger partial charge in [-0.1, -0.05) is 17.7 Å². The third-order valence-electron chi connectivity index (χ3n) is 2.44. The molecular weight excluding hydrogens is 250 g/mol. The zero-order valence-corrected chi connectivity index (χ0v) is 10.5. The summed E-state index contributed by atoms with van der Waals surface area (Å²) in [4.78, 5) is 11.3. The maximum absolute atomic E-state index is 11.3. The summed E-state index contributed by atoms with van der Waals surface area (Å²) in [5.41, 5.74) is 1.98. The first-order chi connectivity index (χ1) is 8.54. The Morgan fingerprint density at radius 2 is 1.94 bits per heavy atom. The number of Topliss-reactive ketones (excluding diaryl/α,β-unsaturated/α-hetero) is 1. The quantitative estimate of drug-likeness (QED) is 0.822. The number of phenolic OH excluding ortho intramolecular Hbond substituents is 1. The van der Waals surface area contributed by atoms with Gasteiger partial charge < -0.3 is 10.4 Å². The zero-order chi connectivity index (χ0) is 13.1. The number of benzene rings is 2. The van der Waals surface area contributed by atoms with Gasteiger partial charge in [0, 0.05) is 28.0 Å². The number of aromatic hydroxyl groups is 1. The van der Waals surface area contributed by atoms with Crippen LogP contribution in [0.1, 0.15) is 17.3 Å². The molecule has 2 aromatic rings. The molecule has 0 amide bonds. The summed E-state index contributed by atoms with van der Waals surface area (Å²) in [6.07, 6.45) is 0. The van der Waals surface area contributed by atoms with Crippen LogP contribution in [0.3, 0.4) is 0 Å². The molecule has 3 nitrogen and oxygen atoms in total. The Kier molecular flexibility index (Phi) is 3.53. The van der Waals surface area contributed by atoms with Gasteiger partial charge in [-0.3, -0.25) is 4.79 Å². The van der Waals surface area contributed by atoms with Gasteiger partial charge in [-0.25, -0.2) is 0 Å². The van der Waals surface area contributed by atoms with E-state index in [2.05, 4.69) is 5.32 Å². The number of ketones is 1. The molecule has 0 aliphatic heterocycles. The lowest BCUT2D eigenvalue weighted by atomic mass is 10.1. The molecule has 18 heavy (non-hydrogen) atoms. The van der Waals surface area contributed by atoms with Gasteiger partial charge >= 0.3 is 0 Å². The van der Waals surface area contributed by atoms with Gasteiger partial charge in [-0.2, -0.15) is 0 Å². The fraction of sp³-hybridized carbons (Fsp3) is 0.0714. The predicted octanol–water partition coefficient (Wildman–Crippen LogP) is 3.99. The minimum atomic E-state index is -0.0449. The van der Waals surface area contributed by atoms with Crippen LogP contribution in [0.4, 0.5) is 11.4 Å². The van der Waals surface area contributed by atoms with Crippen LogP contribution in [0, 0.1) is 0 Å². The Balaban J connectivity index is 2.31. The van der Waals surface area contributed by atoms with Gasteiger partial charge in [0.25, 0.3) is 0 Å². The summed E-state index contributed by atoms with van der Waals surface area (Å²) in [7, 11) is 0. The van der Waals surface area contributed by atoms with Gasteiger partial charge in [0.1, 0.15) is 5.75 Å². The van der Waals surface area contributed by atoms with Crippen molar-refractivity contribution in [1.29, 1.82) is 0 Å². The molecule has 0 aliphatic carbocycles. The van der Waals surface area contributed by atoms with Crippen molar-refractivity contribution in [1.82, 2.24) is 0 Å². The summed E-state index contributed by atoms with van der Waals surface area (Å²) in [5, 5.41) is 12.9. The van der Waals surface area contributed by atoms with Gasteiger partial charge in [-0.05, 0) is 37.3 Å². The highest BCUT2D eigenvalue weighted by molar-refractivity contribution is 6.31. The third kappa shape index (κ3) is 3.02. The molecule has 0 radical (unpaired) electrons. The number of hydrogen-bond donors (Lipinski definition) is 2. The first kappa shape index (κ1) is 12.5. The van der Waals surface area contributed by atoms with E-state index in [4.69, 9.17) is 11.6 Å². The van der Waals surface area contributed by atoms with E-state index in [1.165, 1.54) is 6.92 Å². The lowest BCUT2D eigenvalue weighted by Crippen LogP contribution is -1.95. The number of carbonyl (C=O) groups excluding carboxylic acids is 1. The fourth-order valence-corrected chi connectivity index (χ4v) is 1.85. The molecule has 2 rings (SSSR count). The first-order valence-corrected chi connectivity index (χ1v) is 5.80. The predicted molar refractivity (Wildman–Crippen MR) is 72.8 cm³/mol. The van der Waals surface area contributed by atoms with Crippen molar-refractivity contribution in [3.63, 3.8) is 0 Å². The van der Waals surface area contributed by atoms with Crippen LogP contribution in [-0.2, 0) is 0 Å². The second-order valence-corrected chi connectivity index (χ2v) is 4.40. The second kappa shape index (κ2) is 5.10. The molecule has 0 saturated carbocycles. The molecule has 0 unspecified atom stereocenters. The summed E-state index contributed by atoms with van der Waals surface area (Å²) in [6.45, 7) is 1.49. The molecular formula is C14H12ClNO2. The lowest BCUT2D eigenvalue weighted by Gasteiger charge is -2.08. The van der Waals surface area contributed by atoms with Crippen LogP contribution in [0.2, 0.25) is 5.02 Å². The van der Waals surface area contributed by atoms with Gasteiger partial charge in [0.15, 0.2) is 5.78 Å². The monoisotopic (exact) mass is 261 g/mol. The summed E-state index contributed by atoms with van der Waals surface area (Å²) >= 11 is 5.95. The van der Waals surface area contributed by atoms with Gasteiger partial charge in [-0.15, -0.1) is 0 Å². The third-order valence-corrected chi connectivity index (χ3v) is 2.66. The van der Waals surface area contributed by atoms with Crippen molar-refractivity contribution in [3.05, 3.63) is 53.1 Å². The molecule has 0 aliphatic rings. The average Bonchev–Trinajstić information content (AvgIpc) is 2.28. The molecule has 0 atom stereocenters. The first-order valence-electron chi connectivity index (χ1n) is 5.42. The number of rotatable bonds is 3. The van der Waals surface area contributed by atoms with E-state index in [1.807, 2.05) is 6.07 Å². The van der Waals surface area contributed by atoms with Crippen LogP contribution >= 0.6 is 11.6 Å². The van der Waals surface area contributed by atoms with E-state index in [-0.39, 0.29) is 11.5 Å². The van der Waals surface area contributed by atoms with Gasteiger partial charge in [0.2, 0.25) is 0 Å². The Hall–Kier alpha value is -2.00. The van der Waals surface area contributed by atoms with E-state index in [1.54, 1.807) is 36.4 Å². The maximum Gasteiger partial charge on any atom is 0.159 e. The Labute approximate surface area is 110 Å². The van der Waals surface area contributed by atoms with Gasteiger partial charge in [0.05, 0.1) is 0 Å². The molecule has 0 bridgehead atoms. The standard InChI is InChI=1S/C14H12ClNO2/c1-9(17)10-5-11(15)7-13(6-10)16-12-3-2-4-14(18)8-12/h2-8,16,18H,1H3. The Bertz CT molecular complexity index is 596. The molecule has 4 heteroatoms. The van der Waals surface area contributed by atoms with Crippen molar-refractivity contribution in [2.75, 3.05) is 5.32 Å². The minimum absolute atomic E-state index is 0.0449. The van der Waals surface area contributed by atoms with E-state index >= 15 is 0 Å². The van der Waals surface area contributed by atoms with Crippen molar-refractivity contribution in [3.8, 4) is 5.75 Å². The Morgan fingerprint density at radius 1 is 1.17 bits per heavy atom. The number of halogens is 1. The zero-order valence-electron chi connectivity index (χ0n) is 9.77. The highest BCUT2D eigenvalue weighted by atomic mass is 35.5. The molecule has 92 valence electrons. The average molecular weight is 262 g/mol. The van der Waals surface area contributed by atoms with Crippen LogP contribution in [0.25, 0.3) is 0 Å². The van der Waals surface area contributed by atoms with Crippen LogP contribution in [0.15, 0.2) is 42.5 Å². The van der Waals surface area contributed by atoms with Crippen LogP contribution in [0.5, 0.6) is 5.75 Å². The number of carbonyl (C=O) groups is 1. The Morgan fingerprint density at radius 3 is 2.61 bits per heavy atom. The second-order valence-electron chi connectivity index (χ2n) is 3.96. The van der Waals surface area contributed by atoms with E-state index in [9.17, 15) is 9.90 Å². The minimum Gasteiger partial charge on any atom is -0.508 e. The molecule has 0 fully saturated rings. The molecule has 0 aromatic heterocycles. The number of nitrogens with one attached hydrogen (secondary N) is 1. The number of phenols is 1.